The number of urea groups is 1. The highest BCUT2D eigenvalue weighted by molar-refractivity contribution is 5.74. The molecule has 1 fully saturated rings. The monoisotopic (exact) mass is 296 g/mol. The number of carboxylic acid groups (broad SMARTS) is 1. The second-order valence-electron chi connectivity index (χ2n) is 4.82. The molecule has 1 atom stereocenters. The molecule has 2 N–H and O–H groups in total. The van der Waals surface area contributed by atoms with Crippen molar-refractivity contribution in [3.63, 3.8) is 0 Å². The molecule has 1 aromatic rings. The van der Waals surface area contributed by atoms with E-state index in [4.69, 9.17) is 9.84 Å². The summed E-state index contributed by atoms with van der Waals surface area (Å²) >= 11 is 0. The van der Waals surface area contributed by atoms with Gasteiger partial charge in [-0.2, -0.15) is 0 Å². The zero-order valence-electron chi connectivity index (χ0n) is 11.4. The Labute approximate surface area is 121 Å². The van der Waals surface area contributed by atoms with E-state index in [1.54, 1.807) is 12.1 Å². The Kier molecular flexibility index (Phi) is 5.10. The Hall–Kier alpha value is -2.15. The second kappa shape index (κ2) is 7.03. The Morgan fingerprint density at radius 2 is 2.10 bits per heavy atom. The average Bonchev–Trinajstić information content (AvgIpc) is 2.46. The van der Waals surface area contributed by atoms with Gasteiger partial charge < -0.3 is 20.1 Å². The number of amides is 2. The summed E-state index contributed by atoms with van der Waals surface area (Å²) < 4.78 is 18.1. The summed E-state index contributed by atoms with van der Waals surface area (Å²) in [6.45, 7) is 1.29. The first-order valence-electron chi connectivity index (χ1n) is 6.65. The predicted octanol–water partition coefficient (Wildman–Crippen LogP) is 1.21. The number of rotatable bonds is 4. The van der Waals surface area contributed by atoms with Crippen LogP contribution in [0.4, 0.5) is 9.18 Å². The number of aliphatic carboxylic acids is 1. The molecule has 2 amide bonds. The summed E-state index contributed by atoms with van der Waals surface area (Å²) in [7, 11) is 0. The molecule has 114 valence electrons. The minimum Gasteiger partial charge on any atom is -0.481 e. The molecule has 0 aromatic heterocycles. The van der Waals surface area contributed by atoms with Crippen LogP contribution in [0.2, 0.25) is 0 Å². The third-order valence-electron chi connectivity index (χ3n) is 3.19. The van der Waals surface area contributed by atoms with Crippen molar-refractivity contribution in [2.75, 3.05) is 19.7 Å². The summed E-state index contributed by atoms with van der Waals surface area (Å²) in [5.41, 5.74) is 0.792. The molecule has 7 heteroatoms. The molecule has 1 unspecified atom stereocenters. The molecule has 21 heavy (non-hydrogen) atoms. The zero-order chi connectivity index (χ0) is 15.2. The van der Waals surface area contributed by atoms with Gasteiger partial charge in [-0.3, -0.25) is 4.79 Å². The van der Waals surface area contributed by atoms with E-state index in [2.05, 4.69) is 5.32 Å². The van der Waals surface area contributed by atoms with Gasteiger partial charge in [0.2, 0.25) is 0 Å². The lowest BCUT2D eigenvalue weighted by Gasteiger charge is -2.32. The van der Waals surface area contributed by atoms with E-state index >= 15 is 0 Å². The molecule has 0 aliphatic carbocycles. The maximum atomic E-state index is 12.8. The van der Waals surface area contributed by atoms with Gasteiger partial charge in [0.25, 0.3) is 0 Å². The van der Waals surface area contributed by atoms with Crippen LogP contribution in [0.5, 0.6) is 0 Å². The van der Waals surface area contributed by atoms with Crippen LogP contribution in [-0.4, -0.2) is 47.8 Å². The fourth-order valence-electron chi connectivity index (χ4n) is 2.11. The van der Waals surface area contributed by atoms with Crippen molar-refractivity contribution in [1.82, 2.24) is 10.2 Å². The van der Waals surface area contributed by atoms with E-state index in [9.17, 15) is 14.0 Å². The number of nitrogens with one attached hydrogen (secondary N) is 1. The van der Waals surface area contributed by atoms with Crippen LogP contribution in [0.15, 0.2) is 24.3 Å². The van der Waals surface area contributed by atoms with Crippen molar-refractivity contribution in [1.29, 1.82) is 0 Å². The van der Waals surface area contributed by atoms with Gasteiger partial charge in [0.05, 0.1) is 19.1 Å². The quantitative estimate of drug-likeness (QED) is 0.875. The van der Waals surface area contributed by atoms with Crippen molar-refractivity contribution in [3.8, 4) is 0 Å². The third kappa shape index (κ3) is 4.71. The van der Waals surface area contributed by atoms with Gasteiger partial charge in [-0.05, 0) is 17.7 Å². The van der Waals surface area contributed by atoms with E-state index in [0.717, 1.165) is 5.56 Å². The summed E-state index contributed by atoms with van der Waals surface area (Å²) in [4.78, 5) is 24.2. The number of carbonyl (C=O) groups excluding carboxylic acids is 1. The van der Waals surface area contributed by atoms with Crippen LogP contribution in [0.25, 0.3) is 0 Å². The highest BCUT2D eigenvalue weighted by atomic mass is 19.1. The first-order valence-corrected chi connectivity index (χ1v) is 6.65. The lowest BCUT2D eigenvalue weighted by molar-refractivity contribution is -0.141. The van der Waals surface area contributed by atoms with Crippen LogP contribution in [0.1, 0.15) is 12.0 Å². The number of benzene rings is 1. The van der Waals surface area contributed by atoms with Crippen molar-refractivity contribution in [3.05, 3.63) is 35.6 Å². The molecular formula is C14H17FN2O4. The first kappa shape index (κ1) is 15.2. The SMILES string of the molecule is O=C(O)CC1CN(C(=O)NCc2ccc(F)cc2)CCO1. The van der Waals surface area contributed by atoms with E-state index in [0.29, 0.717) is 19.7 Å². The molecular weight excluding hydrogens is 279 g/mol. The van der Waals surface area contributed by atoms with Crippen LogP contribution < -0.4 is 5.32 Å². The molecule has 1 aliphatic heterocycles. The summed E-state index contributed by atoms with van der Waals surface area (Å²) in [5.74, 6) is -1.27. The van der Waals surface area contributed by atoms with Gasteiger partial charge in [0.1, 0.15) is 5.82 Å². The number of halogens is 1. The minimum absolute atomic E-state index is 0.123. The molecule has 0 saturated carbocycles. The molecule has 1 aromatic carbocycles. The van der Waals surface area contributed by atoms with Crippen molar-refractivity contribution in [2.45, 2.75) is 19.1 Å². The molecule has 6 nitrogen and oxygen atoms in total. The number of hydrogen-bond donors (Lipinski definition) is 2. The smallest absolute Gasteiger partial charge is 0.317 e. The number of nitrogens with zero attached hydrogens (tertiary/aromatic N) is 1. The normalized spacial score (nSPS) is 18.3. The second-order valence-corrected chi connectivity index (χ2v) is 4.82. The van der Waals surface area contributed by atoms with Gasteiger partial charge >= 0.3 is 12.0 Å². The molecule has 0 bridgehead atoms. The van der Waals surface area contributed by atoms with Crippen molar-refractivity contribution < 1.29 is 23.8 Å². The Morgan fingerprint density at radius 1 is 1.38 bits per heavy atom. The van der Waals surface area contributed by atoms with Crippen LogP contribution in [0, 0.1) is 5.82 Å². The highest BCUT2D eigenvalue weighted by Gasteiger charge is 2.25. The van der Waals surface area contributed by atoms with Crippen LogP contribution >= 0.6 is 0 Å². The maximum absolute atomic E-state index is 12.8. The summed E-state index contributed by atoms with van der Waals surface area (Å²) in [6, 6.07) is 5.58. The fraction of sp³-hybridized carbons (Fsp3) is 0.429. The standard InChI is InChI=1S/C14H17FN2O4/c15-11-3-1-10(2-4-11)8-16-14(20)17-5-6-21-12(9-17)7-13(18)19/h1-4,12H,5-9H2,(H,16,20)(H,18,19). The third-order valence-corrected chi connectivity index (χ3v) is 3.19. The van der Waals surface area contributed by atoms with Crippen LogP contribution in [0.3, 0.4) is 0 Å². The average molecular weight is 296 g/mol. The Bertz CT molecular complexity index is 506. The van der Waals surface area contributed by atoms with Crippen LogP contribution in [-0.2, 0) is 16.1 Å². The van der Waals surface area contributed by atoms with Gasteiger partial charge in [-0.1, -0.05) is 12.1 Å². The number of ether oxygens (including phenoxy) is 1. The number of carbonyl (C=O) groups is 2. The predicted molar refractivity (Wildman–Crippen MR) is 72.2 cm³/mol. The summed E-state index contributed by atoms with van der Waals surface area (Å²) in [5, 5.41) is 11.5. The minimum atomic E-state index is -0.950. The van der Waals surface area contributed by atoms with Crippen molar-refractivity contribution in [2.24, 2.45) is 0 Å². The van der Waals surface area contributed by atoms with Gasteiger partial charge in [0, 0.05) is 19.6 Å². The molecule has 1 aliphatic rings. The highest BCUT2D eigenvalue weighted by Crippen LogP contribution is 2.09. The lowest BCUT2D eigenvalue weighted by Crippen LogP contribution is -2.49. The molecule has 0 radical (unpaired) electrons. The Morgan fingerprint density at radius 3 is 2.76 bits per heavy atom. The number of carboxylic acids is 1. The van der Waals surface area contributed by atoms with E-state index in [1.807, 2.05) is 0 Å². The Balaban J connectivity index is 1.82. The zero-order valence-corrected chi connectivity index (χ0v) is 11.4. The molecule has 2 rings (SSSR count). The summed E-state index contributed by atoms with van der Waals surface area (Å²) in [6.07, 6.45) is -0.602. The topological polar surface area (TPSA) is 78.9 Å². The first-order chi connectivity index (χ1) is 10.0. The van der Waals surface area contributed by atoms with E-state index in [-0.39, 0.29) is 24.8 Å². The number of morpholine rings is 1. The van der Waals surface area contributed by atoms with Gasteiger partial charge in [-0.25, -0.2) is 9.18 Å². The van der Waals surface area contributed by atoms with E-state index < -0.39 is 12.1 Å². The molecule has 0 spiro atoms. The molecule has 1 saturated heterocycles. The van der Waals surface area contributed by atoms with E-state index in [1.165, 1.54) is 17.0 Å². The fourth-order valence-corrected chi connectivity index (χ4v) is 2.11. The maximum Gasteiger partial charge on any atom is 0.317 e. The van der Waals surface area contributed by atoms with Gasteiger partial charge in [-0.15, -0.1) is 0 Å². The molecule has 1 heterocycles. The number of hydrogen-bond acceptors (Lipinski definition) is 3. The largest absolute Gasteiger partial charge is 0.481 e. The lowest BCUT2D eigenvalue weighted by atomic mass is 10.2. The van der Waals surface area contributed by atoms with Crippen molar-refractivity contribution >= 4 is 12.0 Å². The van der Waals surface area contributed by atoms with Gasteiger partial charge in [0.15, 0.2) is 0 Å².